The quantitative estimate of drug-likeness (QED) is 0.872. The zero-order chi connectivity index (χ0) is 13.2. The molecule has 2 rings (SSSR count). The Hall–Kier alpha value is -0.920. The summed E-state index contributed by atoms with van der Waals surface area (Å²) in [4.78, 5) is 4.03. The van der Waals surface area contributed by atoms with Gasteiger partial charge in [-0.1, -0.05) is 15.9 Å². The fraction of sp³-hybridized carbons (Fsp3) is 0. The van der Waals surface area contributed by atoms with Gasteiger partial charge >= 0.3 is 0 Å². The fourth-order valence-electron chi connectivity index (χ4n) is 1.33. The molecule has 1 N–H and O–H groups in total. The topological polar surface area (TPSA) is 59.1 Å². The monoisotopic (exact) mass is 390 g/mol. The normalized spacial score (nSPS) is 11.2. The van der Waals surface area contributed by atoms with Crippen molar-refractivity contribution >= 4 is 47.6 Å². The number of halogens is 2. The highest BCUT2D eigenvalue weighted by atomic mass is 79.9. The molecule has 0 saturated heterocycles. The van der Waals surface area contributed by atoms with Gasteiger partial charge in [0.2, 0.25) is 0 Å². The number of anilines is 1. The van der Waals surface area contributed by atoms with Crippen molar-refractivity contribution in [3.63, 3.8) is 0 Å². The van der Waals surface area contributed by atoms with E-state index in [1.54, 1.807) is 30.5 Å². The lowest BCUT2D eigenvalue weighted by molar-refractivity contribution is 0.600. The maximum absolute atomic E-state index is 12.1. The van der Waals surface area contributed by atoms with Crippen LogP contribution in [0.2, 0.25) is 0 Å². The van der Waals surface area contributed by atoms with Gasteiger partial charge in [-0.2, -0.15) is 0 Å². The van der Waals surface area contributed by atoms with Gasteiger partial charge in [0.25, 0.3) is 10.0 Å². The molecule has 0 aliphatic heterocycles. The van der Waals surface area contributed by atoms with Crippen molar-refractivity contribution < 1.29 is 8.42 Å². The lowest BCUT2D eigenvalue weighted by atomic mass is 10.4. The van der Waals surface area contributed by atoms with Crippen LogP contribution in [-0.2, 0) is 10.0 Å². The number of benzene rings is 1. The molecular formula is C11H8Br2N2O2S. The molecular weight excluding hydrogens is 384 g/mol. The average molecular weight is 392 g/mol. The molecule has 7 heteroatoms. The molecule has 0 unspecified atom stereocenters. The summed E-state index contributed by atoms with van der Waals surface area (Å²) in [5, 5.41) is 0. The summed E-state index contributed by atoms with van der Waals surface area (Å²) in [6, 6.07) is 8.17. The van der Waals surface area contributed by atoms with Crippen molar-refractivity contribution in [2.45, 2.75) is 4.90 Å². The van der Waals surface area contributed by atoms with Crippen molar-refractivity contribution in [1.29, 1.82) is 0 Å². The zero-order valence-corrected chi connectivity index (χ0v) is 13.0. The smallest absolute Gasteiger partial charge is 0.263 e. The van der Waals surface area contributed by atoms with Gasteiger partial charge in [0.05, 0.1) is 11.9 Å². The van der Waals surface area contributed by atoms with E-state index in [0.29, 0.717) is 10.2 Å². The van der Waals surface area contributed by atoms with Crippen LogP contribution < -0.4 is 4.72 Å². The van der Waals surface area contributed by atoms with Crippen LogP contribution >= 0.6 is 31.9 Å². The first-order valence-electron chi connectivity index (χ1n) is 4.87. The average Bonchev–Trinajstić information content (AvgIpc) is 2.29. The summed E-state index contributed by atoms with van der Waals surface area (Å²) < 4.78 is 28.1. The predicted octanol–water partition coefficient (Wildman–Crippen LogP) is 3.41. The van der Waals surface area contributed by atoms with Gasteiger partial charge < -0.3 is 0 Å². The summed E-state index contributed by atoms with van der Waals surface area (Å²) in [5.41, 5.74) is 0.423. The molecule has 1 aromatic heterocycles. The molecule has 2 aromatic rings. The summed E-state index contributed by atoms with van der Waals surface area (Å²) in [6.07, 6.45) is 3.03. The van der Waals surface area contributed by atoms with Crippen LogP contribution in [0.15, 0.2) is 56.6 Å². The minimum absolute atomic E-state index is 0.176. The Bertz CT molecular complexity index is 660. The van der Waals surface area contributed by atoms with Gasteiger partial charge in [-0.25, -0.2) is 8.42 Å². The Labute approximate surface area is 122 Å². The van der Waals surface area contributed by atoms with E-state index in [0.717, 1.165) is 4.47 Å². The molecule has 18 heavy (non-hydrogen) atoms. The molecule has 0 bridgehead atoms. The Morgan fingerprint density at radius 1 is 1.17 bits per heavy atom. The third kappa shape index (κ3) is 3.09. The molecule has 94 valence electrons. The van der Waals surface area contributed by atoms with Crippen LogP contribution in [-0.4, -0.2) is 13.4 Å². The predicted molar refractivity (Wildman–Crippen MR) is 76.9 cm³/mol. The number of hydrogen-bond acceptors (Lipinski definition) is 3. The van der Waals surface area contributed by atoms with E-state index in [1.807, 2.05) is 0 Å². The van der Waals surface area contributed by atoms with Crippen LogP contribution in [0.4, 0.5) is 5.69 Å². The van der Waals surface area contributed by atoms with Crippen molar-refractivity contribution in [2.24, 2.45) is 0 Å². The summed E-state index contributed by atoms with van der Waals surface area (Å²) >= 11 is 6.51. The van der Waals surface area contributed by atoms with E-state index >= 15 is 0 Å². The van der Waals surface area contributed by atoms with E-state index < -0.39 is 10.0 Å². The van der Waals surface area contributed by atoms with Crippen LogP contribution in [0.5, 0.6) is 0 Å². The number of pyridine rings is 1. The van der Waals surface area contributed by atoms with E-state index in [4.69, 9.17) is 0 Å². The summed E-state index contributed by atoms with van der Waals surface area (Å²) in [6.45, 7) is 0. The van der Waals surface area contributed by atoms with E-state index in [2.05, 4.69) is 41.6 Å². The number of aromatic nitrogens is 1. The molecule has 0 amide bonds. The third-order valence-corrected chi connectivity index (χ3v) is 4.95. The van der Waals surface area contributed by atoms with Gasteiger partial charge in [-0.05, 0) is 46.3 Å². The van der Waals surface area contributed by atoms with E-state index in [-0.39, 0.29) is 4.90 Å². The van der Waals surface area contributed by atoms with Crippen LogP contribution in [0.3, 0.4) is 0 Å². The van der Waals surface area contributed by atoms with Crippen LogP contribution in [0, 0.1) is 0 Å². The lowest BCUT2D eigenvalue weighted by Gasteiger charge is -2.09. The van der Waals surface area contributed by atoms with E-state index in [9.17, 15) is 8.42 Å². The first kappa shape index (κ1) is 13.5. The number of hydrogen-bond donors (Lipinski definition) is 1. The molecule has 0 fully saturated rings. The highest BCUT2D eigenvalue weighted by Gasteiger charge is 2.17. The van der Waals surface area contributed by atoms with Crippen LogP contribution in [0.1, 0.15) is 0 Å². The SMILES string of the molecule is O=S(=O)(Nc1cccnc1)c1ccc(Br)cc1Br. The Morgan fingerprint density at radius 2 is 1.94 bits per heavy atom. The number of nitrogens with zero attached hydrogens (tertiary/aromatic N) is 1. The minimum Gasteiger partial charge on any atom is -0.278 e. The zero-order valence-electron chi connectivity index (χ0n) is 8.97. The van der Waals surface area contributed by atoms with Gasteiger partial charge in [0.1, 0.15) is 4.90 Å². The molecule has 0 aliphatic carbocycles. The summed E-state index contributed by atoms with van der Waals surface area (Å²) in [5.74, 6) is 0. The highest BCUT2D eigenvalue weighted by Crippen LogP contribution is 2.27. The Morgan fingerprint density at radius 3 is 2.56 bits per heavy atom. The maximum Gasteiger partial charge on any atom is 0.263 e. The first-order chi connectivity index (χ1) is 8.49. The molecule has 1 heterocycles. The molecule has 0 aliphatic rings. The number of rotatable bonds is 3. The maximum atomic E-state index is 12.1. The Balaban J connectivity index is 2.37. The lowest BCUT2D eigenvalue weighted by Crippen LogP contribution is -2.13. The van der Waals surface area contributed by atoms with Crippen LogP contribution in [0.25, 0.3) is 0 Å². The first-order valence-corrected chi connectivity index (χ1v) is 7.94. The minimum atomic E-state index is -3.62. The summed E-state index contributed by atoms with van der Waals surface area (Å²) in [7, 11) is -3.62. The van der Waals surface area contributed by atoms with Crippen molar-refractivity contribution in [3.05, 3.63) is 51.7 Å². The molecule has 4 nitrogen and oxygen atoms in total. The van der Waals surface area contributed by atoms with Gasteiger partial charge in [-0.3, -0.25) is 9.71 Å². The molecule has 1 aromatic carbocycles. The number of sulfonamides is 1. The van der Waals surface area contributed by atoms with Crippen molar-refractivity contribution in [3.8, 4) is 0 Å². The van der Waals surface area contributed by atoms with Gasteiger partial charge in [0, 0.05) is 15.1 Å². The highest BCUT2D eigenvalue weighted by molar-refractivity contribution is 9.11. The standard InChI is InChI=1S/C11H8Br2N2O2S/c12-8-3-4-11(10(13)6-8)18(16,17)15-9-2-1-5-14-7-9/h1-7,15H. The van der Waals surface area contributed by atoms with Crippen molar-refractivity contribution in [2.75, 3.05) is 4.72 Å². The third-order valence-electron chi connectivity index (χ3n) is 2.10. The second-order valence-corrected chi connectivity index (χ2v) is 6.84. The molecule has 0 spiro atoms. The van der Waals surface area contributed by atoms with Crippen molar-refractivity contribution in [1.82, 2.24) is 4.98 Å². The largest absolute Gasteiger partial charge is 0.278 e. The number of nitrogens with one attached hydrogen (secondary N) is 1. The second-order valence-electron chi connectivity index (χ2n) is 3.42. The molecule has 0 atom stereocenters. The Kier molecular flexibility index (Phi) is 4.04. The second kappa shape index (κ2) is 5.38. The molecule has 0 radical (unpaired) electrons. The van der Waals surface area contributed by atoms with E-state index in [1.165, 1.54) is 12.3 Å². The fourth-order valence-corrected chi connectivity index (χ4v) is 4.12. The molecule has 0 saturated carbocycles. The van der Waals surface area contributed by atoms with Gasteiger partial charge in [-0.15, -0.1) is 0 Å². The van der Waals surface area contributed by atoms with Gasteiger partial charge in [0.15, 0.2) is 0 Å².